The lowest BCUT2D eigenvalue weighted by Gasteiger charge is -1.93. The molecule has 0 aromatic rings. The summed E-state index contributed by atoms with van der Waals surface area (Å²) in [5.74, 6) is -0.0255. The van der Waals surface area contributed by atoms with Crippen LogP contribution in [0.15, 0.2) is 0 Å². The van der Waals surface area contributed by atoms with E-state index in [0.29, 0.717) is 13.0 Å². The van der Waals surface area contributed by atoms with Crippen LogP contribution in [-0.2, 0) is 9.53 Å². The van der Waals surface area contributed by atoms with Crippen LogP contribution in [0.2, 0.25) is 0 Å². The number of carbonyl (C=O) groups excluding carboxylic acids is 1. The standard InChI is InChI=1S/C6H10O2.C2H6O2/c7-6-4-2-1-3-5-8-6;3-1-2-4/h1-5H2;3-4H,1-2H2. The highest BCUT2D eigenvalue weighted by molar-refractivity contribution is 5.69. The second kappa shape index (κ2) is 8.49. The molecule has 0 amide bonds. The molecule has 0 radical (unpaired) electrons. The van der Waals surface area contributed by atoms with Crippen molar-refractivity contribution in [3.8, 4) is 0 Å². The zero-order valence-electron chi connectivity index (χ0n) is 7.16. The summed E-state index contributed by atoms with van der Waals surface area (Å²) in [6.07, 6.45) is 3.83. The second-order valence-electron chi connectivity index (χ2n) is 2.48. The number of ether oxygens (including phenoxy) is 1. The predicted octanol–water partition coefficient (Wildman–Crippen LogP) is 0.0746. The summed E-state index contributed by atoms with van der Waals surface area (Å²) in [6, 6.07) is 0. The van der Waals surface area contributed by atoms with E-state index in [1.807, 2.05) is 0 Å². The molecule has 0 bridgehead atoms. The van der Waals surface area contributed by atoms with Gasteiger partial charge in [0.15, 0.2) is 0 Å². The van der Waals surface area contributed by atoms with Crippen molar-refractivity contribution in [2.24, 2.45) is 0 Å². The third-order valence-corrected chi connectivity index (χ3v) is 1.39. The molecule has 4 heteroatoms. The smallest absolute Gasteiger partial charge is 0.305 e. The van der Waals surface area contributed by atoms with Crippen molar-refractivity contribution in [2.45, 2.75) is 25.7 Å². The first-order chi connectivity index (χ1) is 5.81. The maximum atomic E-state index is 10.5. The molecule has 2 N–H and O–H groups in total. The van der Waals surface area contributed by atoms with Gasteiger partial charge in [-0.05, 0) is 19.3 Å². The van der Waals surface area contributed by atoms with E-state index in [0.717, 1.165) is 19.3 Å². The number of aliphatic hydroxyl groups is 2. The van der Waals surface area contributed by atoms with E-state index in [1.165, 1.54) is 0 Å². The Labute approximate surface area is 72.2 Å². The van der Waals surface area contributed by atoms with Crippen molar-refractivity contribution in [3.63, 3.8) is 0 Å². The Morgan fingerprint density at radius 1 is 1.17 bits per heavy atom. The molecule has 4 nitrogen and oxygen atoms in total. The number of carbonyl (C=O) groups is 1. The molecule has 0 saturated carbocycles. The largest absolute Gasteiger partial charge is 0.466 e. The molecule has 1 aliphatic rings. The van der Waals surface area contributed by atoms with E-state index >= 15 is 0 Å². The summed E-state index contributed by atoms with van der Waals surface area (Å²) in [5, 5.41) is 15.2. The van der Waals surface area contributed by atoms with Crippen LogP contribution in [0, 0.1) is 0 Å². The highest BCUT2D eigenvalue weighted by atomic mass is 16.5. The summed E-state index contributed by atoms with van der Waals surface area (Å²) in [6.45, 7) is 0.388. The molecule has 1 saturated heterocycles. The maximum Gasteiger partial charge on any atom is 0.305 e. The van der Waals surface area contributed by atoms with Gasteiger partial charge >= 0.3 is 5.97 Å². The van der Waals surface area contributed by atoms with Crippen LogP contribution in [0.5, 0.6) is 0 Å². The first-order valence-corrected chi connectivity index (χ1v) is 4.18. The van der Waals surface area contributed by atoms with E-state index < -0.39 is 0 Å². The lowest BCUT2D eigenvalue weighted by atomic mass is 10.2. The Hall–Kier alpha value is -0.610. The molecule has 72 valence electrons. The topological polar surface area (TPSA) is 66.8 Å². The van der Waals surface area contributed by atoms with Gasteiger partial charge in [0.2, 0.25) is 0 Å². The molecule has 1 rings (SSSR count). The number of hydrogen-bond acceptors (Lipinski definition) is 4. The van der Waals surface area contributed by atoms with E-state index in [2.05, 4.69) is 0 Å². The Balaban J connectivity index is 0.000000261. The first kappa shape index (κ1) is 11.4. The van der Waals surface area contributed by atoms with Crippen molar-refractivity contribution in [2.75, 3.05) is 19.8 Å². The van der Waals surface area contributed by atoms with Gasteiger partial charge in [0, 0.05) is 6.42 Å². The van der Waals surface area contributed by atoms with E-state index in [-0.39, 0.29) is 19.2 Å². The summed E-state index contributed by atoms with van der Waals surface area (Å²) in [4.78, 5) is 10.5. The minimum Gasteiger partial charge on any atom is -0.466 e. The molecular weight excluding hydrogens is 160 g/mol. The van der Waals surface area contributed by atoms with Crippen molar-refractivity contribution in [3.05, 3.63) is 0 Å². The van der Waals surface area contributed by atoms with Crippen LogP contribution in [0.3, 0.4) is 0 Å². The number of cyclic esters (lactones) is 1. The minimum absolute atomic E-state index is 0.0255. The maximum absolute atomic E-state index is 10.5. The van der Waals surface area contributed by atoms with Gasteiger partial charge in [-0.3, -0.25) is 4.79 Å². The fourth-order valence-corrected chi connectivity index (χ4v) is 0.806. The summed E-state index contributed by atoms with van der Waals surface area (Å²) in [7, 11) is 0. The van der Waals surface area contributed by atoms with Gasteiger partial charge in [0.25, 0.3) is 0 Å². The Morgan fingerprint density at radius 2 is 1.83 bits per heavy atom. The van der Waals surface area contributed by atoms with Crippen LogP contribution in [0.25, 0.3) is 0 Å². The van der Waals surface area contributed by atoms with Crippen LogP contribution in [0.4, 0.5) is 0 Å². The van der Waals surface area contributed by atoms with Crippen LogP contribution in [0.1, 0.15) is 25.7 Å². The van der Waals surface area contributed by atoms with Gasteiger partial charge in [-0.2, -0.15) is 0 Å². The highest BCUT2D eigenvalue weighted by Crippen LogP contribution is 2.06. The quantitative estimate of drug-likeness (QED) is 0.555. The Morgan fingerprint density at radius 3 is 2.42 bits per heavy atom. The Bertz CT molecular complexity index is 102. The van der Waals surface area contributed by atoms with Gasteiger partial charge in [0.1, 0.15) is 0 Å². The molecule has 12 heavy (non-hydrogen) atoms. The minimum atomic E-state index is -0.125. The van der Waals surface area contributed by atoms with Crippen molar-refractivity contribution in [1.82, 2.24) is 0 Å². The second-order valence-corrected chi connectivity index (χ2v) is 2.48. The molecule has 0 aromatic carbocycles. The fraction of sp³-hybridized carbons (Fsp3) is 0.875. The average molecular weight is 176 g/mol. The van der Waals surface area contributed by atoms with E-state index in [1.54, 1.807) is 0 Å². The van der Waals surface area contributed by atoms with Crippen LogP contribution >= 0.6 is 0 Å². The zero-order valence-corrected chi connectivity index (χ0v) is 7.16. The highest BCUT2D eigenvalue weighted by Gasteiger charge is 2.05. The van der Waals surface area contributed by atoms with Crippen molar-refractivity contribution in [1.29, 1.82) is 0 Å². The molecule has 0 aromatic heterocycles. The molecule has 0 unspecified atom stereocenters. The molecular formula is C8H16O4. The van der Waals surface area contributed by atoms with Crippen molar-refractivity contribution < 1.29 is 19.7 Å². The van der Waals surface area contributed by atoms with Crippen LogP contribution < -0.4 is 0 Å². The normalized spacial score (nSPS) is 17.0. The summed E-state index contributed by atoms with van der Waals surface area (Å²) >= 11 is 0. The first-order valence-electron chi connectivity index (χ1n) is 4.18. The van der Waals surface area contributed by atoms with Crippen molar-refractivity contribution >= 4 is 5.97 Å². The lowest BCUT2D eigenvalue weighted by Crippen LogP contribution is -2.00. The number of aliphatic hydroxyl groups excluding tert-OH is 2. The number of esters is 1. The van der Waals surface area contributed by atoms with Gasteiger partial charge in [-0.25, -0.2) is 0 Å². The average Bonchev–Trinajstić information content (AvgIpc) is 2.33. The molecule has 1 heterocycles. The molecule has 1 aliphatic heterocycles. The fourth-order valence-electron chi connectivity index (χ4n) is 0.806. The third kappa shape index (κ3) is 7.50. The molecule has 0 atom stereocenters. The van der Waals surface area contributed by atoms with Gasteiger partial charge in [0.05, 0.1) is 19.8 Å². The predicted molar refractivity (Wildman–Crippen MR) is 43.6 cm³/mol. The van der Waals surface area contributed by atoms with Gasteiger partial charge < -0.3 is 14.9 Å². The summed E-state index contributed by atoms with van der Waals surface area (Å²) < 4.78 is 4.76. The number of rotatable bonds is 1. The van der Waals surface area contributed by atoms with E-state index in [9.17, 15) is 4.79 Å². The van der Waals surface area contributed by atoms with Gasteiger partial charge in [-0.1, -0.05) is 0 Å². The Kier molecular flexibility index (Phi) is 8.05. The summed E-state index contributed by atoms with van der Waals surface area (Å²) in [5.41, 5.74) is 0. The zero-order chi connectivity index (χ0) is 9.23. The SMILES string of the molecule is O=C1CCCCCO1.OCCO. The van der Waals surface area contributed by atoms with E-state index in [4.69, 9.17) is 14.9 Å². The lowest BCUT2D eigenvalue weighted by molar-refractivity contribution is -0.142. The molecule has 1 fully saturated rings. The molecule has 0 aliphatic carbocycles. The monoisotopic (exact) mass is 176 g/mol. The van der Waals surface area contributed by atoms with Crippen LogP contribution in [-0.4, -0.2) is 36.0 Å². The third-order valence-electron chi connectivity index (χ3n) is 1.39. The molecule has 0 spiro atoms. The number of hydrogen-bond donors (Lipinski definition) is 2. The van der Waals surface area contributed by atoms with Gasteiger partial charge in [-0.15, -0.1) is 0 Å².